The Morgan fingerprint density at radius 1 is 0.829 bits per heavy atom. The Hall–Kier alpha value is -4.52. The number of rotatable bonds is 11. The van der Waals surface area contributed by atoms with Gasteiger partial charge < -0.3 is 15.7 Å². The molecule has 0 radical (unpaired) electrons. The second kappa shape index (κ2) is 12.1. The fourth-order valence-electron chi connectivity index (χ4n) is 3.57. The van der Waals surface area contributed by atoms with Gasteiger partial charge in [0.25, 0.3) is 5.91 Å². The summed E-state index contributed by atoms with van der Waals surface area (Å²) in [5.74, 6) is -2.47. The minimum atomic E-state index is -1.22. The zero-order chi connectivity index (χ0) is 25.2. The van der Waals surface area contributed by atoms with E-state index in [0.29, 0.717) is 11.1 Å². The van der Waals surface area contributed by atoms with Gasteiger partial charge in [-0.25, -0.2) is 4.79 Å². The van der Waals surface area contributed by atoms with E-state index in [1.165, 1.54) is 11.0 Å². The Balaban J connectivity index is 1.81. The number of benzene rings is 3. The number of amides is 2. The molecule has 1 atom stereocenters. The number of ketones is 1. The Kier molecular flexibility index (Phi) is 8.67. The van der Waals surface area contributed by atoms with Crippen LogP contribution in [-0.4, -0.2) is 39.6 Å². The van der Waals surface area contributed by atoms with E-state index in [-0.39, 0.29) is 30.7 Å². The highest BCUT2D eigenvalue weighted by molar-refractivity contribution is 6.06. The van der Waals surface area contributed by atoms with Gasteiger partial charge in [0.05, 0.1) is 0 Å². The first-order valence-electron chi connectivity index (χ1n) is 11.1. The van der Waals surface area contributed by atoms with E-state index in [2.05, 4.69) is 0 Å². The maximum Gasteiger partial charge on any atom is 0.326 e. The van der Waals surface area contributed by atoms with Crippen molar-refractivity contribution in [1.29, 1.82) is 0 Å². The first-order valence-corrected chi connectivity index (χ1v) is 11.1. The number of carboxylic acids is 1. The van der Waals surface area contributed by atoms with Gasteiger partial charge in [-0.15, -0.1) is 0 Å². The standard InChI is InChI=1S/C28H26N2O5/c29-26(32)18-16-24(28(34)35)30(19-21-7-3-1-4-8-21)27(33)23-14-11-20(12-15-23)13-17-25(31)22-9-5-2-6-10-22/h1-15,17,24H,16,18-19H2,(H2,29,32)(H,34,35). The number of hydrogen-bond acceptors (Lipinski definition) is 4. The molecule has 7 nitrogen and oxygen atoms in total. The molecule has 0 aliphatic heterocycles. The summed E-state index contributed by atoms with van der Waals surface area (Å²) >= 11 is 0. The van der Waals surface area contributed by atoms with Gasteiger partial charge in [-0.2, -0.15) is 0 Å². The summed E-state index contributed by atoms with van der Waals surface area (Å²) in [7, 11) is 0. The molecular weight excluding hydrogens is 444 g/mol. The van der Waals surface area contributed by atoms with Crippen molar-refractivity contribution in [3.8, 4) is 0 Å². The lowest BCUT2D eigenvalue weighted by molar-refractivity contribution is -0.143. The number of hydrogen-bond donors (Lipinski definition) is 2. The quantitative estimate of drug-likeness (QED) is 0.325. The predicted octanol–water partition coefficient (Wildman–Crippen LogP) is 3.94. The van der Waals surface area contributed by atoms with Crippen LogP contribution in [0.5, 0.6) is 0 Å². The lowest BCUT2D eigenvalue weighted by Gasteiger charge is -2.29. The summed E-state index contributed by atoms with van der Waals surface area (Å²) in [6, 6.07) is 23.2. The third kappa shape index (κ3) is 7.23. The van der Waals surface area contributed by atoms with Gasteiger partial charge in [0.1, 0.15) is 6.04 Å². The van der Waals surface area contributed by atoms with Crippen molar-refractivity contribution < 1.29 is 24.3 Å². The Bertz CT molecular complexity index is 1210. The van der Waals surface area contributed by atoms with E-state index in [1.54, 1.807) is 78.9 Å². The van der Waals surface area contributed by atoms with Crippen molar-refractivity contribution in [2.24, 2.45) is 5.73 Å². The van der Waals surface area contributed by atoms with Crippen LogP contribution in [0.15, 0.2) is 91.0 Å². The van der Waals surface area contributed by atoms with Crippen LogP contribution in [0.1, 0.15) is 44.7 Å². The third-order valence-electron chi connectivity index (χ3n) is 5.43. The normalized spacial score (nSPS) is 11.7. The van der Waals surface area contributed by atoms with Gasteiger partial charge in [-0.1, -0.05) is 78.9 Å². The van der Waals surface area contributed by atoms with Crippen LogP contribution >= 0.6 is 0 Å². The first kappa shape index (κ1) is 25.1. The van der Waals surface area contributed by atoms with Crippen LogP contribution < -0.4 is 5.73 Å². The Morgan fingerprint density at radius 2 is 1.43 bits per heavy atom. The molecule has 35 heavy (non-hydrogen) atoms. The van der Waals surface area contributed by atoms with E-state index in [4.69, 9.17) is 5.73 Å². The van der Waals surface area contributed by atoms with E-state index >= 15 is 0 Å². The molecular formula is C28H26N2O5. The van der Waals surface area contributed by atoms with Gasteiger partial charge in [0.15, 0.2) is 5.78 Å². The second-order valence-corrected chi connectivity index (χ2v) is 7.96. The molecule has 0 spiro atoms. The molecule has 0 aliphatic rings. The van der Waals surface area contributed by atoms with Crippen molar-refractivity contribution in [2.75, 3.05) is 0 Å². The molecule has 3 aromatic carbocycles. The Labute approximate surface area is 203 Å². The highest BCUT2D eigenvalue weighted by Gasteiger charge is 2.30. The number of carbonyl (C=O) groups excluding carboxylic acids is 3. The van der Waals surface area contributed by atoms with Gasteiger partial charge in [-0.3, -0.25) is 14.4 Å². The highest BCUT2D eigenvalue weighted by Crippen LogP contribution is 2.18. The molecule has 178 valence electrons. The molecule has 3 aromatic rings. The smallest absolute Gasteiger partial charge is 0.326 e. The Morgan fingerprint density at radius 3 is 2.00 bits per heavy atom. The van der Waals surface area contributed by atoms with E-state index in [1.807, 2.05) is 12.1 Å². The van der Waals surface area contributed by atoms with Crippen LogP contribution in [0.2, 0.25) is 0 Å². The highest BCUT2D eigenvalue weighted by atomic mass is 16.4. The molecule has 0 aliphatic carbocycles. The summed E-state index contributed by atoms with van der Waals surface area (Å²) in [5, 5.41) is 9.80. The lowest BCUT2D eigenvalue weighted by atomic mass is 10.0. The van der Waals surface area contributed by atoms with Crippen molar-refractivity contribution in [3.05, 3.63) is 113 Å². The molecule has 0 saturated carbocycles. The molecule has 2 amide bonds. The van der Waals surface area contributed by atoms with E-state index < -0.39 is 23.8 Å². The molecule has 3 rings (SSSR count). The number of primary amides is 1. The van der Waals surface area contributed by atoms with Gasteiger partial charge >= 0.3 is 5.97 Å². The minimum absolute atomic E-state index is 0.0582. The van der Waals surface area contributed by atoms with Gasteiger partial charge in [0, 0.05) is 24.1 Å². The topological polar surface area (TPSA) is 118 Å². The molecule has 0 fully saturated rings. The third-order valence-corrected chi connectivity index (χ3v) is 5.43. The van der Waals surface area contributed by atoms with Crippen molar-refractivity contribution >= 4 is 29.6 Å². The SMILES string of the molecule is NC(=O)CCC(C(=O)O)N(Cc1ccccc1)C(=O)c1ccc(C=CC(=O)c2ccccc2)cc1. The summed E-state index contributed by atoms with van der Waals surface area (Å²) in [4.78, 5) is 50.2. The number of nitrogens with zero attached hydrogens (tertiary/aromatic N) is 1. The van der Waals surface area contributed by atoms with Crippen molar-refractivity contribution in [2.45, 2.75) is 25.4 Å². The number of nitrogens with two attached hydrogens (primary N) is 1. The summed E-state index contributed by atoms with van der Waals surface area (Å²) < 4.78 is 0. The molecule has 1 unspecified atom stereocenters. The zero-order valence-electron chi connectivity index (χ0n) is 19.0. The molecule has 0 heterocycles. The van der Waals surface area contributed by atoms with E-state index in [9.17, 15) is 24.3 Å². The fourth-order valence-corrected chi connectivity index (χ4v) is 3.57. The van der Waals surface area contributed by atoms with Gasteiger partial charge in [-0.05, 0) is 35.8 Å². The number of carboxylic acid groups (broad SMARTS) is 1. The minimum Gasteiger partial charge on any atom is -0.480 e. The van der Waals surface area contributed by atoms with Crippen molar-refractivity contribution in [3.63, 3.8) is 0 Å². The van der Waals surface area contributed by atoms with E-state index in [0.717, 1.165) is 5.56 Å². The van der Waals surface area contributed by atoms with Crippen LogP contribution in [0.4, 0.5) is 0 Å². The monoisotopic (exact) mass is 470 g/mol. The average Bonchev–Trinajstić information content (AvgIpc) is 2.87. The molecule has 3 N–H and O–H groups in total. The van der Waals surface area contributed by atoms with Gasteiger partial charge in [0.2, 0.25) is 5.91 Å². The largest absolute Gasteiger partial charge is 0.480 e. The van der Waals surface area contributed by atoms with Crippen molar-refractivity contribution in [1.82, 2.24) is 4.90 Å². The first-order chi connectivity index (χ1) is 16.8. The number of allylic oxidation sites excluding steroid dienone is 1. The average molecular weight is 471 g/mol. The van der Waals surface area contributed by atoms with Crippen LogP contribution in [0, 0.1) is 0 Å². The molecule has 0 bridgehead atoms. The summed E-state index contributed by atoms with van der Waals surface area (Å²) in [5.41, 5.74) is 7.55. The second-order valence-electron chi connectivity index (χ2n) is 7.96. The van der Waals surface area contributed by atoms with Crippen LogP contribution in [0.3, 0.4) is 0 Å². The maximum atomic E-state index is 13.4. The maximum absolute atomic E-state index is 13.4. The summed E-state index contributed by atoms with van der Waals surface area (Å²) in [6.45, 7) is 0.0582. The molecule has 0 aromatic heterocycles. The molecule has 0 saturated heterocycles. The number of carbonyl (C=O) groups is 4. The van der Waals surface area contributed by atoms with Crippen LogP contribution in [0.25, 0.3) is 6.08 Å². The predicted molar refractivity (Wildman–Crippen MR) is 132 cm³/mol. The van der Waals surface area contributed by atoms with Crippen LogP contribution in [-0.2, 0) is 16.1 Å². The fraction of sp³-hybridized carbons (Fsp3) is 0.143. The lowest BCUT2D eigenvalue weighted by Crippen LogP contribution is -2.45. The zero-order valence-corrected chi connectivity index (χ0v) is 19.0. The molecule has 7 heteroatoms. The number of aliphatic carboxylic acids is 1. The summed E-state index contributed by atoms with van der Waals surface area (Å²) in [6.07, 6.45) is 2.86.